The first-order chi connectivity index (χ1) is 17.3. The van der Waals surface area contributed by atoms with Crippen molar-refractivity contribution in [3.05, 3.63) is 54.6 Å². The molecule has 2 aromatic carbocycles. The van der Waals surface area contributed by atoms with Crippen LogP contribution in [-0.2, 0) is 19.1 Å². The first-order valence-corrected chi connectivity index (χ1v) is 12.3. The second-order valence-corrected chi connectivity index (χ2v) is 9.52. The number of hydrogen-bond acceptors (Lipinski definition) is 6. The summed E-state index contributed by atoms with van der Waals surface area (Å²) in [7, 11) is 0. The van der Waals surface area contributed by atoms with Gasteiger partial charge < -0.3 is 20.3 Å². The van der Waals surface area contributed by atoms with Crippen LogP contribution >= 0.6 is 0 Å². The number of nitrogens with one attached hydrogen (secondary N) is 2. The zero-order chi connectivity index (χ0) is 25.7. The third-order valence-electron chi connectivity index (χ3n) is 6.59. The van der Waals surface area contributed by atoms with Crippen molar-refractivity contribution in [3.8, 4) is 0 Å². The van der Waals surface area contributed by atoms with Gasteiger partial charge >= 0.3 is 12.0 Å². The molecule has 1 aliphatic heterocycles. The summed E-state index contributed by atoms with van der Waals surface area (Å²) in [5, 5.41) is 6.06. The lowest BCUT2D eigenvalue weighted by Gasteiger charge is -2.30. The van der Waals surface area contributed by atoms with E-state index in [9.17, 15) is 19.2 Å². The van der Waals surface area contributed by atoms with Gasteiger partial charge in [0.2, 0.25) is 0 Å². The van der Waals surface area contributed by atoms with E-state index < -0.39 is 36.6 Å². The molecule has 190 valence electrons. The molecule has 0 aromatic heterocycles. The van der Waals surface area contributed by atoms with Gasteiger partial charge in [-0.15, -0.1) is 0 Å². The van der Waals surface area contributed by atoms with E-state index in [0.29, 0.717) is 18.5 Å². The Balaban J connectivity index is 1.33. The van der Waals surface area contributed by atoms with E-state index in [-0.39, 0.29) is 11.9 Å². The Morgan fingerprint density at radius 2 is 1.64 bits per heavy atom. The summed E-state index contributed by atoms with van der Waals surface area (Å²) in [5.41, 5.74) is 1.59. The molecule has 2 aromatic rings. The van der Waals surface area contributed by atoms with Crippen molar-refractivity contribution in [2.24, 2.45) is 0 Å². The van der Waals surface area contributed by atoms with Gasteiger partial charge in [0.25, 0.3) is 11.8 Å². The Morgan fingerprint density at radius 3 is 2.28 bits per heavy atom. The van der Waals surface area contributed by atoms with Crippen LogP contribution in [0.5, 0.6) is 0 Å². The molecule has 1 heterocycles. The molecule has 0 atom stereocenters. The van der Waals surface area contributed by atoms with Crippen LogP contribution in [0.4, 0.5) is 21.9 Å². The average Bonchev–Trinajstić information content (AvgIpc) is 3.08. The third kappa shape index (κ3) is 5.50. The predicted octanol–water partition coefficient (Wildman–Crippen LogP) is 3.97. The molecule has 2 aliphatic rings. The molecule has 2 fully saturated rings. The minimum atomic E-state index is -0.901. The summed E-state index contributed by atoms with van der Waals surface area (Å²) >= 11 is 0. The smallest absolute Gasteiger partial charge is 0.326 e. The second-order valence-electron chi connectivity index (χ2n) is 9.52. The molecule has 2 N–H and O–H groups in total. The maximum atomic E-state index is 12.9. The van der Waals surface area contributed by atoms with Gasteiger partial charge in [0, 0.05) is 23.1 Å². The van der Waals surface area contributed by atoms with Crippen molar-refractivity contribution in [1.82, 2.24) is 10.2 Å². The van der Waals surface area contributed by atoms with Gasteiger partial charge in [-0.1, -0.05) is 37.5 Å². The number of carbonyl (C=O) groups is 4. The van der Waals surface area contributed by atoms with Gasteiger partial charge in [-0.3, -0.25) is 19.3 Å². The fourth-order valence-electron chi connectivity index (χ4n) is 4.82. The molecule has 1 saturated carbocycles. The second kappa shape index (κ2) is 10.8. The van der Waals surface area contributed by atoms with E-state index >= 15 is 0 Å². The molecule has 1 spiro atoms. The van der Waals surface area contributed by atoms with E-state index in [1.807, 2.05) is 68.4 Å². The molecule has 1 aliphatic carbocycles. The number of esters is 1. The quantitative estimate of drug-likeness (QED) is 0.427. The summed E-state index contributed by atoms with van der Waals surface area (Å²) < 4.78 is 5.18. The van der Waals surface area contributed by atoms with Gasteiger partial charge in [-0.05, 0) is 63.1 Å². The number of rotatable bonds is 8. The first kappa shape index (κ1) is 25.2. The first-order valence-electron chi connectivity index (χ1n) is 12.3. The Kier molecular flexibility index (Phi) is 7.57. The summed E-state index contributed by atoms with van der Waals surface area (Å²) in [5.74, 6) is -1.59. The zero-order valence-electron chi connectivity index (χ0n) is 20.7. The fraction of sp³-hybridized carbons (Fsp3) is 0.407. The van der Waals surface area contributed by atoms with Crippen LogP contribution in [0.1, 0.15) is 46.0 Å². The van der Waals surface area contributed by atoms with Crippen LogP contribution in [-0.4, -0.2) is 53.4 Å². The van der Waals surface area contributed by atoms with E-state index in [1.165, 1.54) is 0 Å². The number of hydrogen-bond donors (Lipinski definition) is 2. The standard InChI is InChI=1S/C27H32N4O5/c1-19(2)31(22-13-11-21(12-14-22)28-20-9-5-3-6-10-20)23(32)18-36-24(33)17-30-25(34)27(29-26(30)35)15-7-4-8-16-27/h3,5-6,9-14,19,28H,4,7-8,15-18H2,1-2H3,(H,29,35). The van der Waals surface area contributed by atoms with Crippen LogP contribution in [0.3, 0.4) is 0 Å². The minimum Gasteiger partial charge on any atom is -0.454 e. The molecule has 0 bridgehead atoms. The van der Waals surface area contributed by atoms with Crippen molar-refractivity contribution in [2.45, 2.75) is 57.5 Å². The van der Waals surface area contributed by atoms with Crippen molar-refractivity contribution in [1.29, 1.82) is 0 Å². The lowest BCUT2D eigenvalue weighted by atomic mass is 9.82. The summed E-state index contributed by atoms with van der Waals surface area (Å²) in [6.07, 6.45) is 3.88. The monoisotopic (exact) mass is 492 g/mol. The predicted molar refractivity (Wildman–Crippen MR) is 136 cm³/mol. The molecule has 1 saturated heterocycles. The largest absolute Gasteiger partial charge is 0.454 e. The number of carbonyl (C=O) groups excluding carboxylic acids is 4. The van der Waals surface area contributed by atoms with E-state index in [2.05, 4.69) is 10.6 Å². The summed E-state index contributed by atoms with van der Waals surface area (Å²) in [6.45, 7) is 2.73. The fourth-order valence-corrected chi connectivity index (χ4v) is 4.82. The van der Waals surface area contributed by atoms with E-state index in [4.69, 9.17) is 4.74 Å². The Bertz CT molecular complexity index is 1110. The maximum Gasteiger partial charge on any atom is 0.326 e. The molecule has 9 heteroatoms. The van der Waals surface area contributed by atoms with Gasteiger partial charge in [-0.2, -0.15) is 0 Å². The van der Waals surface area contributed by atoms with Crippen LogP contribution in [0, 0.1) is 0 Å². The molecule has 4 amide bonds. The number of benzene rings is 2. The number of amides is 4. The van der Waals surface area contributed by atoms with Crippen molar-refractivity contribution < 1.29 is 23.9 Å². The van der Waals surface area contributed by atoms with Crippen LogP contribution in [0.25, 0.3) is 0 Å². The highest BCUT2D eigenvalue weighted by Crippen LogP contribution is 2.33. The maximum absolute atomic E-state index is 12.9. The van der Waals surface area contributed by atoms with E-state index in [1.54, 1.807) is 4.90 Å². The lowest BCUT2D eigenvalue weighted by Crippen LogP contribution is -2.48. The Labute approximate surface area is 210 Å². The Hall–Kier alpha value is -3.88. The van der Waals surface area contributed by atoms with E-state index in [0.717, 1.165) is 35.5 Å². The normalized spacial score (nSPS) is 16.7. The number of anilines is 3. The summed E-state index contributed by atoms with van der Waals surface area (Å²) in [6, 6.07) is 16.4. The molecule has 0 radical (unpaired) electrons. The minimum absolute atomic E-state index is 0.179. The number of nitrogens with zero attached hydrogens (tertiary/aromatic N) is 2. The highest BCUT2D eigenvalue weighted by Gasteiger charge is 2.51. The van der Waals surface area contributed by atoms with Crippen molar-refractivity contribution in [2.75, 3.05) is 23.4 Å². The van der Waals surface area contributed by atoms with Gasteiger partial charge in [-0.25, -0.2) is 4.79 Å². The molecule has 9 nitrogen and oxygen atoms in total. The third-order valence-corrected chi connectivity index (χ3v) is 6.59. The molecular formula is C27H32N4O5. The molecule has 36 heavy (non-hydrogen) atoms. The number of ether oxygens (including phenoxy) is 1. The molecule has 4 rings (SSSR count). The number of para-hydroxylation sites is 1. The highest BCUT2D eigenvalue weighted by atomic mass is 16.5. The topological polar surface area (TPSA) is 108 Å². The van der Waals surface area contributed by atoms with Gasteiger partial charge in [0.05, 0.1) is 0 Å². The van der Waals surface area contributed by atoms with Crippen LogP contribution in [0.15, 0.2) is 54.6 Å². The van der Waals surface area contributed by atoms with Crippen LogP contribution in [0.2, 0.25) is 0 Å². The molecular weight excluding hydrogens is 460 g/mol. The molecule has 0 unspecified atom stereocenters. The van der Waals surface area contributed by atoms with Gasteiger partial charge in [0.15, 0.2) is 6.61 Å². The van der Waals surface area contributed by atoms with Gasteiger partial charge in [0.1, 0.15) is 12.1 Å². The number of imide groups is 1. The SMILES string of the molecule is CC(C)N(C(=O)COC(=O)CN1C(=O)NC2(CCCCC2)C1=O)c1ccc(Nc2ccccc2)cc1. The lowest BCUT2D eigenvalue weighted by molar-refractivity contribution is -0.150. The van der Waals surface area contributed by atoms with Crippen molar-refractivity contribution >= 4 is 40.9 Å². The average molecular weight is 493 g/mol. The highest BCUT2D eigenvalue weighted by molar-refractivity contribution is 6.08. The summed E-state index contributed by atoms with van der Waals surface area (Å²) in [4.78, 5) is 53.0. The van der Waals surface area contributed by atoms with Crippen molar-refractivity contribution in [3.63, 3.8) is 0 Å². The van der Waals surface area contributed by atoms with Crippen LogP contribution < -0.4 is 15.5 Å². The zero-order valence-corrected chi connectivity index (χ0v) is 20.7. The Morgan fingerprint density at radius 1 is 1.00 bits per heavy atom. The number of urea groups is 1.